The summed E-state index contributed by atoms with van der Waals surface area (Å²) in [4.78, 5) is 6.72. The Hall–Kier alpha value is -2.69. The van der Waals surface area contributed by atoms with Gasteiger partial charge >= 0.3 is 0 Å². The highest BCUT2D eigenvalue weighted by molar-refractivity contribution is 5.92. The van der Waals surface area contributed by atoms with Crippen LogP contribution >= 0.6 is 0 Å². The predicted octanol–water partition coefficient (Wildman–Crippen LogP) is 3.26. The lowest BCUT2D eigenvalue weighted by atomic mass is 10.2. The lowest BCUT2D eigenvalue weighted by molar-refractivity contribution is 0.415. The average molecular weight is 326 g/mol. The van der Waals surface area contributed by atoms with Gasteiger partial charge in [-0.05, 0) is 37.6 Å². The first-order chi connectivity index (χ1) is 11.6. The van der Waals surface area contributed by atoms with Gasteiger partial charge in [0, 0.05) is 30.5 Å². The van der Waals surface area contributed by atoms with Crippen LogP contribution in [-0.2, 0) is 0 Å². The standard InChI is InChI=1S/C19H26N4O/c1-4-23(18-11-6-5-8-15(18)2)13-12-21-19(20)22-16-9-7-10-17(14-16)24-3/h5-11,14H,4,12-13H2,1-3H3,(H3,20,21,22). The molecule has 0 heterocycles. The van der Waals surface area contributed by atoms with Gasteiger partial charge in [0.1, 0.15) is 5.75 Å². The minimum atomic E-state index is 0.407. The molecule has 5 nitrogen and oxygen atoms in total. The second-order valence-corrected chi connectivity index (χ2v) is 5.49. The van der Waals surface area contributed by atoms with E-state index in [1.54, 1.807) is 7.11 Å². The summed E-state index contributed by atoms with van der Waals surface area (Å²) in [6.45, 7) is 6.66. The van der Waals surface area contributed by atoms with Gasteiger partial charge in [-0.25, -0.2) is 0 Å². The lowest BCUT2D eigenvalue weighted by Gasteiger charge is -2.24. The van der Waals surface area contributed by atoms with Gasteiger partial charge < -0.3 is 20.7 Å². The monoisotopic (exact) mass is 326 g/mol. The Labute approximate surface area is 144 Å². The van der Waals surface area contributed by atoms with Crippen LogP contribution in [0.15, 0.2) is 53.5 Å². The Morgan fingerprint density at radius 3 is 2.71 bits per heavy atom. The van der Waals surface area contributed by atoms with E-state index in [-0.39, 0.29) is 0 Å². The zero-order valence-electron chi connectivity index (χ0n) is 14.6. The van der Waals surface area contributed by atoms with Crippen LogP contribution in [0.25, 0.3) is 0 Å². The number of aryl methyl sites for hydroxylation is 1. The molecule has 2 rings (SSSR count). The fourth-order valence-corrected chi connectivity index (χ4v) is 2.55. The second kappa shape index (κ2) is 8.82. The zero-order chi connectivity index (χ0) is 17.4. The van der Waals surface area contributed by atoms with Crippen molar-refractivity contribution in [3.63, 3.8) is 0 Å². The van der Waals surface area contributed by atoms with E-state index >= 15 is 0 Å². The first-order valence-electron chi connectivity index (χ1n) is 8.15. The molecule has 0 aliphatic heterocycles. The molecule has 2 aromatic carbocycles. The number of hydrogen-bond acceptors (Lipinski definition) is 3. The van der Waals surface area contributed by atoms with Gasteiger partial charge in [0.05, 0.1) is 13.7 Å². The molecule has 0 unspecified atom stereocenters. The van der Waals surface area contributed by atoms with E-state index in [4.69, 9.17) is 10.5 Å². The smallest absolute Gasteiger partial charge is 0.193 e. The van der Waals surface area contributed by atoms with Crippen molar-refractivity contribution >= 4 is 17.3 Å². The molecule has 0 amide bonds. The number of likely N-dealkylation sites (N-methyl/N-ethyl adjacent to an activating group) is 1. The van der Waals surface area contributed by atoms with Crippen LogP contribution in [0.4, 0.5) is 11.4 Å². The fraction of sp³-hybridized carbons (Fsp3) is 0.316. The molecule has 2 aromatic rings. The number of methoxy groups -OCH3 is 1. The number of benzene rings is 2. The third-order valence-electron chi connectivity index (χ3n) is 3.83. The van der Waals surface area contributed by atoms with Crippen molar-refractivity contribution < 1.29 is 4.74 Å². The van der Waals surface area contributed by atoms with Crippen LogP contribution in [0.1, 0.15) is 12.5 Å². The molecular weight excluding hydrogens is 300 g/mol. The normalized spacial score (nSPS) is 11.2. The van der Waals surface area contributed by atoms with Gasteiger partial charge in [-0.2, -0.15) is 0 Å². The molecule has 0 aliphatic rings. The van der Waals surface area contributed by atoms with E-state index in [0.717, 1.165) is 24.5 Å². The van der Waals surface area contributed by atoms with Gasteiger partial charge in [-0.15, -0.1) is 0 Å². The Morgan fingerprint density at radius 1 is 1.21 bits per heavy atom. The molecule has 5 heteroatoms. The number of rotatable bonds is 7. The number of guanidine groups is 1. The molecule has 0 spiro atoms. The maximum absolute atomic E-state index is 5.97. The highest BCUT2D eigenvalue weighted by Gasteiger charge is 2.06. The molecule has 0 fully saturated rings. The number of aliphatic imine (C=N–C) groups is 1. The molecule has 3 N–H and O–H groups in total. The Balaban J connectivity index is 1.93. The molecule has 0 aromatic heterocycles. The molecule has 0 bridgehead atoms. The summed E-state index contributed by atoms with van der Waals surface area (Å²) in [5, 5.41) is 3.09. The van der Waals surface area contributed by atoms with Crippen molar-refractivity contribution in [1.29, 1.82) is 0 Å². The van der Waals surface area contributed by atoms with Crippen molar-refractivity contribution in [2.45, 2.75) is 13.8 Å². The third-order valence-corrected chi connectivity index (χ3v) is 3.83. The zero-order valence-corrected chi connectivity index (χ0v) is 14.6. The van der Waals surface area contributed by atoms with Crippen molar-refractivity contribution in [3.8, 4) is 5.75 Å². The molecule has 24 heavy (non-hydrogen) atoms. The van der Waals surface area contributed by atoms with E-state index < -0.39 is 0 Å². The largest absolute Gasteiger partial charge is 0.497 e. The van der Waals surface area contributed by atoms with E-state index in [0.29, 0.717) is 12.5 Å². The summed E-state index contributed by atoms with van der Waals surface area (Å²) in [6.07, 6.45) is 0. The van der Waals surface area contributed by atoms with E-state index in [9.17, 15) is 0 Å². The number of anilines is 2. The summed E-state index contributed by atoms with van der Waals surface area (Å²) in [5.41, 5.74) is 9.35. The number of nitrogens with two attached hydrogens (primary N) is 1. The van der Waals surface area contributed by atoms with Gasteiger partial charge in [-0.1, -0.05) is 24.3 Å². The van der Waals surface area contributed by atoms with E-state index in [2.05, 4.69) is 53.3 Å². The summed E-state index contributed by atoms with van der Waals surface area (Å²) in [5.74, 6) is 1.19. The van der Waals surface area contributed by atoms with Gasteiger partial charge in [0.2, 0.25) is 0 Å². The molecular formula is C19H26N4O. The summed E-state index contributed by atoms with van der Waals surface area (Å²) in [7, 11) is 1.64. The highest BCUT2D eigenvalue weighted by Crippen LogP contribution is 2.19. The first kappa shape index (κ1) is 17.7. The number of hydrogen-bond donors (Lipinski definition) is 2. The predicted molar refractivity (Wildman–Crippen MR) is 102 cm³/mol. The van der Waals surface area contributed by atoms with Crippen molar-refractivity contribution in [3.05, 3.63) is 54.1 Å². The molecule has 0 atom stereocenters. The van der Waals surface area contributed by atoms with E-state index in [1.807, 2.05) is 24.3 Å². The maximum Gasteiger partial charge on any atom is 0.193 e. The summed E-state index contributed by atoms with van der Waals surface area (Å²) in [6, 6.07) is 16.0. The average Bonchev–Trinajstić information content (AvgIpc) is 2.60. The van der Waals surface area contributed by atoms with Crippen LogP contribution in [0.5, 0.6) is 5.75 Å². The van der Waals surface area contributed by atoms with E-state index in [1.165, 1.54) is 11.3 Å². The first-order valence-corrected chi connectivity index (χ1v) is 8.15. The molecule has 128 valence electrons. The number of para-hydroxylation sites is 1. The molecule has 0 aliphatic carbocycles. The molecule has 0 saturated heterocycles. The second-order valence-electron chi connectivity index (χ2n) is 5.49. The minimum Gasteiger partial charge on any atom is -0.497 e. The number of nitrogens with zero attached hydrogens (tertiary/aromatic N) is 2. The van der Waals surface area contributed by atoms with Crippen LogP contribution < -0.4 is 20.7 Å². The highest BCUT2D eigenvalue weighted by atomic mass is 16.5. The summed E-state index contributed by atoms with van der Waals surface area (Å²) >= 11 is 0. The van der Waals surface area contributed by atoms with Crippen molar-refractivity contribution in [2.75, 3.05) is 37.0 Å². The molecule has 0 saturated carbocycles. The van der Waals surface area contributed by atoms with Gasteiger partial charge in [-0.3, -0.25) is 4.99 Å². The Kier molecular flexibility index (Phi) is 6.49. The summed E-state index contributed by atoms with van der Waals surface area (Å²) < 4.78 is 5.20. The lowest BCUT2D eigenvalue weighted by Crippen LogP contribution is -2.29. The SMILES string of the molecule is CCN(CCN=C(N)Nc1cccc(OC)c1)c1ccccc1C. The maximum atomic E-state index is 5.97. The number of nitrogens with one attached hydrogen (secondary N) is 1. The molecule has 0 radical (unpaired) electrons. The minimum absolute atomic E-state index is 0.407. The van der Waals surface area contributed by atoms with Crippen molar-refractivity contribution in [1.82, 2.24) is 0 Å². The Morgan fingerprint density at radius 2 is 2.00 bits per heavy atom. The topological polar surface area (TPSA) is 62.9 Å². The van der Waals surface area contributed by atoms with Gasteiger partial charge in [0.15, 0.2) is 5.96 Å². The Bertz CT molecular complexity index is 685. The van der Waals surface area contributed by atoms with Gasteiger partial charge in [0.25, 0.3) is 0 Å². The van der Waals surface area contributed by atoms with Crippen LogP contribution in [-0.4, -0.2) is 32.7 Å². The van der Waals surface area contributed by atoms with Crippen LogP contribution in [0.2, 0.25) is 0 Å². The van der Waals surface area contributed by atoms with Crippen LogP contribution in [0, 0.1) is 6.92 Å². The number of ether oxygens (including phenoxy) is 1. The fourth-order valence-electron chi connectivity index (χ4n) is 2.55. The quantitative estimate of drug-likeness (QED) is 0.605. The third kappa shape index (κ3) is 4.91. The van der Waals surface area contributed by atoms with Crippen LogP contribution in [0.3, 0.4) is 0 Å². The van der Waals surface area contributed by atoms with Crippen molar-refractivity contribution in [2.24, 2.45) is 10.7 Å².